The summed E-state index contributed by atoms with van der Waals surface area (Å²) in [5.41, 5.74) is 6.80. The molecule has 0 saturated carbocycles. The van der Waals surface area contributed by atoms with Crippen molar-refractivity contribution in [2.75, 3.05) is 6.54 Å². The highest BCUT2D eigenvalue weighted by atomic mass is 15.4. The SMILES string of the molecule is C=NN(/C=C(\N)CCCC(C)C)CCC. The molecule has 0 aromatic rings. The van der Waals surface area contributed by atoms with Gasteiger partial charge in [0.15, 0.2) is 0 Å². The van der Waals surface area contributed by atoms with E-state index >= 15 is 0 Å². The smallest absolute Gasteiger partial charge is 0.0419 e. The van der Waals surface area contributed by atoms with E-state index in [4.69, 9.17) is 5.73 Å². The summed E-state index contributed by atoms with van der Waals surface area (Å²) in [7, 11) is 0. The van der Waals surface area contributed by atoms with Gasteiger partial charge in [-0.3, -0.25) is 5.01 Å². The Balaban J connectivity index is 3.88. The van der Waals surface area contributed by atoms with E-state index in [1.54, 1.807) is 0 Å². The molecule has 3 nitrogen and oxygen atoms in total. The fourth-order valence-corrected chi connectivity index (χ4v) is 1.38. The highest BCUT2D eigenvalue weighted by molar-refractivity contribution is 5.23. The second-order valence-electron chi connectivity index (χ2n) is 4.29. The molecule has 0 aromatic carbocycles. The van der Waals surface area contributed by atoms with Crippen molar-refractivity contribution in [2.45, 2.75) is 46.5 Å². The number of nitrogens with zero attached hydrogens (tertiary/aromatic N) is 2. The van der Waals surface area contributed by atoms with Gasteiger partial charge in [-0.05, 0) is 25.2 Å². The lowest BCUT2D eigenvalue weighted by molar-refractivity contribution is 0.396. The molecule has 88 valence electrons. The van der Waals surface area contributed by atoms with Crippen molar-refractivity contribution in [3.8, 4) is 0 Å². The predicted molar refractivity (Wildman–Crippen MR) is 67.5 cm³/mol. The van der Waals surface area contributed by atoms with Crippen LogP contribution in [0.5, 0.6) is 0 Å². The lowest BCUT2D eigenvalue weighted by Crippen LogP contribution is -2.13. The van der Waals surface area contributed by atoms with Crippen molar-refractivity contribution in [1.82, 2.24) is 5.01 Å². The Kier molecular flexibility index (Phi) is 7.78. The summed E-state index contributed by atoms with van der Waals surface area (Å²) in [5.74, 6) is 0.752. The highest BCUT2D eigenvalue weighted by Gasteiger charge is 1.98. The zero-order valence-electron chi connectivity index (χ0n) is 10.4. The average Bonchev–Trinajstić information content (AvgIpc) is 2.16. The van der Waals surface area contributed by atoms with E-state index < -0.39 is 0 Å². The van der Waals surface area contributed by atoms with Crippen molar-refractivity contribution in [3.05, 3.63) is 11.9 Å². The molecule has 0 aliphatic rings. The largest absolute Gasteiger partial charge is 0.401 e. The first-order chi connectivity index (χ1) is 7.10. The molecule has 0 fully saturated rings. The fourth-order valence-electron chi connectivity index (χ4n) is 1.38. The minimum atomic E-state index is 0.752. The maximum atomic E-state index is 5.90. The van der Waals surface area contributed by atoms with E-state index in [0.29, 0.717) is 0 Å². The van der Waals surface area contributed by atoms with Crippen LogP contribution in [0.1, 0.15) is 46.5 Å². The van der Waals surface area contributed by atoms with Gasteiger partial charge in [0.2, 0.25) is 0 Å². The van der Waals surface area contributed by atoms with Gasteiger partial charge in [-0.2, -0.15) is 5.10 Å². The second kappa shape index (κ2) is 8.33. The predicted octanol–water partition coefficient (Wildman–Crippen LogP) is 2.94. The van der Waals surface area contributed by atoms with Gasteiger partial charge in [-0.25, -0.2) is 0 Å². The molecule has 0 aromatic heterocycles. The van der Waals surface area contributed by atoms with Crippen molar-refractivity contribution < 1.29 is 0 Å². The van der Waals surface area contributed by atoms with Gasteiger partial charge in [0.1, 0.15) is 0 Å². The van der Waals surface area contributed by atoms with E-state index in [-0.39, 0.29) is 0 Å². The molecule has 0 aliphatic heterocycles. The Bertz CT molecular complexity index is 197. The molecular formula is C12H25N3. The maximum absolute atomic E-state index is 5.90. The second-order valence-corrected chi connectivity index (χ2v) is 4.29. The Morgan fingerprint density at radius 2 is 2.20 bits per heavy atom. The minimum absolute atomic E-state index is 0.752. The fraction of sp³-hybridized carbons (Fsp3) is 0.750. The maximum Gasteiger partial charge on any atom is 0.0419 e. The molecule has 0 radical (unpaired) electrons. The molecular weight excluding hydrogens is 186 g/mol. The molecule has 0 unspecified atom stereocenters. The van der Waals surface area contributed by atoms with Gasteiger partial charge < -0.3 is 5.73 Å². The van der Waals surface area contributed by atoms with Gasteiger partial charge in [0.05, 0.1) is 0 Å². The van der Waals surface area contributed by atoms with E-state index in [2.05, 4.69) is 32.6 Å². The Hall–Kier alpha value is -0.990. The lowest BCUT2D eigenvalue weighted by atomic mass is 10.1. The summed E-state index contributed by atoms with van der Waals surface area (Å²) >= 11 is 0. The van der Waals surface area contributed by atoms with Gasteiger partial charge in [0.25, 0.3) is 0 Å². The van der Waals surface area contributed by atoms with Crippen molar-refractivity contribution in [1.29, 1.82) is 0 Å². The van der Waals surface area contributed by atoms with Crippen LogP contribution >= 0.6 is 0 Å². The van der Waals surface area contributed by atoms with Crippen LogP contribution < -0.4 is 5.73 Å². The van der Waals surface area contributed by atoms with Crippen LogP contribution in [0.15, 0.2) is 17.0 Å². The third-order valence-electron chi connectivity index (χ3n) is 2.20. The molecule has 0 saturated heterocycles. The van der Waals surface area contributed by atoms with E-state index in [9.17, 15) is 0 Å². The van der Waals surface area contributed by atoms with E-state index in [1.807, 2.05) is 11.2 Å². The molecule has 15 heavy (non-hydrogen) atoms. The summed E-state index contributed by atoms with van der Waals surface area (Å²) in [6.07, 6.45) is 6.28. The molecule has 0 bridgehead atoms. The summed E-state index contributed by atoms with van der Waals surface area (Å²) in [4.78, 5) is 0. The van der Waals surface area contributed by atoms with Crippen LogP contribution in [0.4, 0.5) is 0 Å². The third kappa shape index (κ3) is 8.03. The van der Waals surface area contributed by atoms with E-state index in [0.717, 1.165) is 37.4 Å². The Morgan fingerprint density at radius 3 is 2.67 bits per heavy atom. The van der Waals surface area contributed by atoms with Gasteiger partial charge in [-0.15, -0.1) is 0 Å². The standard InChI is InChI=1S/C12H25N3/c1-5-9-15(14-4)10-12(13)8-6-7-11(2)3/h10-11H,4-9,13H2,1-3H3/b12-10-. The average molecular weight is 211 g/mol. The molecule has 0 heterocycles. The van der Waals surface area contributed by atoms with E-state index in [1.165, 1.54) is 6.42 Å². The van der Waals surface area contributed by atoms with Gasteiger partial charge in [0, 0.05) is 25.2 Å². The summed E-state index contributed by atoms with van der Waals surface area (Å²) in [6, 6.07) is 0. The lowest BCUT2D eigenvalue weighted by Gasteiger charge is -2.13. The molecule has 0 amide bonds. The molecule has 0 aliphatic carbocycles. The van der Waals surface area contributed by atoms with Crippen molar-refractivity contribution in [3.63, 3.8) is 0 Å². The van der Waals surface area contributed by atoms with Gasteiger partial charge in [-0.1, -0.05) is 27.2 Å². The highest BCUT2D eigenvalue weighted by Crippen LogP contribution is 2.09. The summed E-state index contributed by atoms with van der Waals surface area (Å²) in [6.45, 7) is 11.0. The first-order valence-corrected chi connectivity index (χ1v) is 5.79. The molecule has 0 spiro atoms. The Labute approximate surface area is 94.0 Å². The molecule has 3 heteroatoms. The summed E-state index contributed by atoms with van der Waals surface area (Å²) < 4.78 is 0. The first kappa shape index (κ1) is 14.0. The topological polar surface area (TPSA) is 41.6 Å². The zero-order chi connectivity index (χ0) is 11.7. The number of hydrazone groups is 1. The quantitative estimate of drug-likeness (QED) is 0.495. The number of hydrogen-bond donors (Lipinski definition) is 1. The van der Waals surface area contributed by atoms with Crippen LogP contribution in [-0.4, -0.2) is 18.3 Å². The van der Waals surface area contributed by atoms with Gasteiger partial charge >= 0.3 is 0 Å². The number of rotatable bonds is 8. The minimum Gasteiger partial charge on any atom is -0.401 e. The molecule has 0 rings (SSSR count). The Morgan fingerprint density at radius 1 is 1.53 bits per heavy atom. The van der Waals surface area contributed by atoms with Crippen LogP contribution in [-0.2, 0) is 0 Å². The number of nitrogens with two attached hydrogens (primary N) is 1. The van der Waals surface area contributed by atoms with Crippen molar-refractivity contribution in [2.24, 2.45) is 16.8 Å². The summed E-state index contributed by atoms with van der Waals surface area (Å²) in [5, 5.41) is 5.70. The van der Waals surface area contributed by atoms with Crippen LogP contribution in [0.25, 0.3) is 0 Å². The first-order valence-electron chi connectivity index (χ1n) is 5.79. The van der Waals surface area contributed by atoms with Crippen LogP contribution in [0.2, 0.25) is 0 Å². The van der Waals surface area contributed by atoms with Crippen LogP contribution in [0.3, 0.4) is 0 Å². The normalized spacial score (nSPS) is 11.9. The zero-order valence-corrected chi connectivity index (χ0v) is 10.4. The van der Waals surface area contributed by atoms with Crippen LogP contribution in [0, 0.1) is 5.92 Å². The van der Waals surface area contributed by atoms with Crippen molar-refractivity contribution >= 4 is 6.72 Å². The number of allylic oxidation sites excluding steroid dienone is 1. The monoisotopic (exact) mass is 211 g/mol. The number of hydrogen-bond acceptors (Lipinski definition) is 3. The molecule has 0 atom stereocenters. The molecule has 2 N–H and O–H groups in total. The third-order valence-corrected chi connectivity index (χ3v) is 2.20.